The molecule has 3 rings (SSSR count). The minimum absolute atomic E-state index is 0.119. The van der Waals surface area contributed by atoms with Crippen molar-refractivity contribution in [2.45, 2.75) is 13.0 Å². The smallest absolute Gasteiger partial charge is 0.338 e. The molecule has 9 heteroatoms. The fourth-order valence-corrected chi connectivity index (χ4v) is 3.44. The highest BCUT2D eigenvalue weighted by atomic mass is 19.1. The lowest BCUT2D eigenvalue weighted by atomic mass is 9.93. The highest BCUT2D eigenvalue weighted by Gasteiger charge is 2.38. The van der Waals surface area contributed by atoms with Gasteiger partial charge >= 0.3 is 12.0 Å². The fourth-order valence-electron chi connectivity index (χ4n) is 3.44. The number of amides is 2. The van der Waals surface area contributed by atoms with Gasteiger partial charge in [-0.1, -0.05) is 12.1 Å². The second-order valence-corrected chi connectivity index (χ2v) is 6.85. The maximum absolute atomic E-state index is 13.2. The second-order valence-electron chi connectivity index (χ2n) is 6.85. The van der Waals surface area contributed by atoms with E-state index in [1.807, 2.05) is 0 Å². The van der Waals surface area contributed by atoms with E-state index < -0.39 is 23.9 Å². The summed E-state index contributed by atoms with van der Waals surface area (Å²) in [5, 5.41) is 2.82. The van der Waals surface area contributed by atoms with Crippen molar-refractivity contribution >= 4 is 12.0 Å². The minimum atomic E-state index is -0.866. The van der Waals surface area contributed by atoms with E-state index in [0.29, 0.717) is 28.5 Å². The third-order valence-electron chi connectivity index (χ3n) is 5.01. The number of carbonyl (C=O) groups is 2. The van der Waals surface area contributed by atoms with Gasteiger partial charge in [-0.2, -0.15) is 0 Å². The molecule has 170 valence electrons. The summed E-state index contributed by atoms with van der Waals surface area (Å²) in [6.07, 6.45) is 0. The van der Waals surface area contributed by atoms with E-state index in [9.17, 15) is 14.0 Å². The van der Waals surface area contributed by atoms with E-state index in [1.165, 1.54) is 50.4 Å². The Hall–Kier alpha value is -3.75. The number of hydrogen-bond donors (Lipinski definition) is 1. The zero-order valence-corrected chi connectivity index (χ0v) is 18.3. The highest BCUT2D eigenvalue weighted by molar-refractivity contribution is 5.95. The lowest BCUT2D eigenvalue weighted by Crippen LogP contribution is -2.48. The zero-order valence-electron chi connectivity index (χ0n) is 18.3. The van der Waals surface area contributed by atoms with E-state index in [0.717, 1.165) is 0 Å². The third kappa shape index (κ3) is 4.61. The van der Waals surface area contributed by atoms with Gasteiger partial charge in [-0.05, 0) is 37.3 Å². The Morgan fingerprint density at radius 2 is 1.84 bits per heavy atom. The molecule has 0 bridgehead atoms. The quantitative estimate of drug-likeness (QED) is 0.628. The molecule has 2 aromatic rings. The average Bonchev–Trinajstić information content (AvgIpc) is 2.80. The van der Waals surface area contributed by atoms with Crippen LogP contribution in [0.1, 0.15) is 18.5 Å². The lowest BCUT2D eigenvalue weighted by Gasteiger charge is -2.35. The zero-order chi connectivity index (χ0) is 23.3. The SMILES string of the molecule is CCOC(=O)C1=C(COc2ccc(F)cc2)N(C)C(=O)N[C@@H]1c1cccc(OC)c1OC. The van der Waals surface area contributed by atoms with Gasteiger partial charge in [-0.3, -0.25) is 4.90 Å². The molecule has 0 spiro atoms. The molecule has 0 radical (unpaired) electrons. The van der Waals surface area contributed by atoms with Crippen LogP contribution in [0, 0.1) is 5.82 Å². The third-order valence-corrected chi connectivity index (χ3v) is 5.01. The second kappa shape index (κ2) is 10.0. The summed E-state index contributed by atoms with van der Waals surface area (Å²) in [5.74, 6) is 0.211. The van der Waals surface area contributed by atoms with Gasteiger partial charge in [0.15, 0.2) is 11.5 Å². The Labute approximate surface area is 185 Å². The van der Waals surface area contributed by atoms with E-state index in [4.69, 9.17) is 18.9 Å². The summed E-state index contributed by atoms with van der Waals surface area (Å²) >= 11 is 0. The normalized spacial score (nSPS) is 15.8. The van der Waals surface area contributed by atoms with E-state index >= 15 is 0 Å². The first-order chi connectivity index (χ1) is 15.4. The van der Waals surface area contributed by atoms with Crippen LogP contribution in [0.3, 0.4) is 0 Å². The largest absolute Gasteiger partial charge is 0.493 e. The standard InChI is InChI=1S/C23H25FN2O6/c1-5-31-22(27)19-17(13-32-15-11-9-14(24)10-12-15)26(2)23(28)25-20(19)16-7-6-8-18(29-3)21(16)30-4/h6-12,20H,5,13H2,1-4H3,(H,25,28)/t20-/m1/s1. The first kappa shape index (κ1) is 22.9. The van der Waals surface area contributed by atoms with Crippen LogP contribution in [-0.2, 0) is 9.53 Å². The van der Waals surface area contributed by atoms with Gasteiger partial charge in [0.25, 0.3) is 0 Å². The maximum atomic E-state index is 13.2. The van der Waals surface area contributed by atoms with Crippen molar-refractivity contribution < 1.29 is 32.9 Å². The van der Waals surface area contributed by atoms with Crippen LogP contribution >= 0.6 is 0 Å². The van der Waals surface area contributed by atoms with Gasteiger partial charge < -0.3 is 24.3 Å². The minimum Gasteiger partial charge on any atom is -0.493 e. The Morgan fingerprint density at radius 1 is 1.12 bits per heavy atom. The summed E-state index contributed by atoms with van der Waals surface area (Å²) in [4.78, 5) is 27.1. The van der Waals surface area contributed by atoms with E-state index in [-0.39, 0.29) is 18.8 Å². The van der Waals surface area contributed by atoms with Gasteiger partial charge in [-0.15, -0.1) is 0 Å². The molecule has 0 saturated heterocycles. The number of para-hydroxylation sites is 1. The molecule has 1 N–H and O–H groups in total. The summed E-state index contributed by atoms with van der Waals surface area (Å²) in [6.45, 7) is 1.72. The molecule has 0 unspecified atom stereocenters. The molecule has 2 aromatic carbocycles. The number of rotatable bonds is 8. The van der Waals surface area contributed by atoms with Crippen molar-refractivity contribution in [3.8, 4) is 17.2 Å². The number of benzene rings is 2. The Morgan fingerprint density at radius 3 is 2.47 bits per heavy atom. The molecular weight excluding hydrogens is 419 g/mol. The van der Waals surface area contributed by atoms with Gasteiger partial charge in [0.05, 0.1) is 38.1 Å². The molecule has 2 amide bonds. The van der Waals surface area contributed by atoms with Crippen molar-refractivity contribution in [3.63, 3.8) is 0 Å². The van der Waals surface area contributed by atoms with Crippen molar-refractivity contribution in [3.05, 3.63) is 65.1 Å². The number of nitrogens with one attached hydrogen (secondary N) is 1. The van der Waals surface area contributed by atoms with E-state index in [1.54, 1.807) is 25.1 Å². The highest BCUT2D eigenvalue weighted by Crippen LogP contribution is 2.40. The van der Waals surface area contributed by atoms with Crippen LogP contribution < -0.4 is 19.5 Å². The Bertz CT molecular complexity index is 1020. The first-order valence-corrected chi connectivity index (χ1v) is 9.94. The van der Waals surface area contributed by atoms with Gasteiger partial charge in [0.2, 0.25) is 0 Å². The Kier molecular flexibility index (Phi) is 7.19. The van der Waals surface area contributed by atoms with Crippen molar-refractivity contribution in [1.82, 2.24) is 10.2 Å². The fraction of sp³-hybridized carbons (Fsp3) is 0.304. The van der Waals surface area contributed by atoms with Gasteiger partial charge in [-0.25, -0.2) is 14.0 Å². The average molecular weight is 444 g/mol. The maximum Gasteiger partial charge on any atom is 0.338 e. The molecule has 0 aromatic heterocycles. The number of nitrogens with zero attached hydrogens (tertiary/aromatic N) is 1. The number of methoxy groups -OCH3 is 2. The van der Waals surface area contributed by atoms with Crippen LogP contribution in [0.2, 0.25) is 0 Å². The van der Waals surface area contributed by atoms with Crippen LogP contribution in [0.15, 0.2) is 53.7 Å². The predicted octanol–water partition coefficient (Wildman–Crippen LogP) is 3.44. The summed E-state index contributed by atoms with van der Waals surface area (Å²) < 4.78 is 35.1. The summed E-state index contributed by atoms with van der Waals surface area (Å²) in [5.41, 5.74) is 1.03. The van der Waals surface area contributed by atoms with Crippen LogP contribution in [-0.4, -0.2) is 51.4 Å². The van der Waals surface area contributed by atoms with Crippen LogP contribution in [0.5, 0.6) is 17.2 Å². The first-order valence-electron chi connectivity index (χ1n) is 9.94. The van der Waals surface area contributed by atoms with Gasteiger partial charge in [0.1, 0.15) is 18.2 Å². The molecule has 32 heavy (non-hydrogen) atoms. The summed E-state index contributed by atoms with van der Waals surface area (Å²) in [7, 11) is 4.50. The van der Waals surface area contributed by atoms with Crippen molar-refractivity contribution in [2.24, 2.45) is 0 Å². The van der Waals surface area contributed by atoms with Gasteiger partial charge in [0, 0.05) is 12.6 Å². The number of urea groups is 1. The number of likely N-dealkylation sites (N-methyl/N-ethyl adjacent to an activating group) is 1. The molecule has 0 saturated carbocycles. The molecule has 8 nitrogen and oxygen atoms in total. The topological polar surface area (TPSA) is 86.3 Å². The molecule has 1 aliphatic heterocycles. The van der Waals surface area contributed by atoms with Crippen LogP contribution in [0.4, 0.5) is 9.18 Å². The van der Waals surface area contributed by atoms with Crippen molar-refractivity contribution in [1.29, 1.82) is 0 Å². The molecule has 1 atom stereocenters. The molecular formula is C23H25FN2O6. The lowest BCUT2D eigenvalue weighted by molar-refractivity contribution is -0.139. The molecule has 1 aliphatic rings. The van der Waals surface area contributed by atoms with Crippen molar-refractivity contribution in [2.75, 3.05) is 34.5 Å². The molecule has 0 fully saturated rings. The molecule has 0 aliphatic carbocycles. The van der Waals surface area contributed by atoms with Crippen LogP contribution in [0.25, 0.3) is 0 Å². The number of carbonyl (C=O) groups excluding carboxylic acids is 2. The summed E-state index contributed by atoms with van der Waals surface area (Å²) in [6, 6.07) is 9.32. The number of ether oxygens (including phenoxy) is 4. The van der Waals surface area contributed by atoms with E-state index in [2.05, 4.69) is 5.32 Å². The number of esters is 1. The predicted molar refractivity (Wildman–Crippen MR) is 114 cm³/mol. The number of halogens is 1. The monoisotopic (exact) mass is 444 g/mol. The molecule has 1 heterocycles. The Balaban J connectivity index is 2.10. The number of hydrogen-bond acceptors (Lipinski definition) is 6.